The number of ether oxygens (including phenoxy) is 1. The number of carboxylic acids is 1. The topological polar surface area (TPSA) is 92.7 Å². The molecule has 0 aliphatic carbocycles. The maximum absolute atomic E-state index is 11.4. The van der Waals surface area contributed by atoms with Crippen molar-refractivity contribution in [1.29, 1.82) is 0 Å². The number of carbonyl (C=O) groups excluding carboxylic acids is 1. The Morgan fingerprint density at radius 3 is 2.63 bits per heavy atom. The first-order valence-electron chi connectivity index (χ1n) is 5.38. The van der Waals surface area contributed by atoms with E-state index in [9.17, 15) is 14.2 Å². The van der Waals surface area contributed by atoms with Crippen molar-refractivity contribution in [2.45, 2.75) is 19.1 Å². The average Bonchev–Trinajstić information content (AvgIpc) is 2.42. The Morgan fingerprint density at radius 1 is 1.37 bits per heavy atom. The summed E-state index contributed by atoms with van der Waals surface area (Å²) in [6.07, 6.45) is -1.01. The number of rotatable bonds is 5. The number of nitrogens with one attached hydrogen (secondary N) is 1. The number of carboxylic acid groups (broad SMARTS) is 1. The number of amides is 1. The molecule has 0 heterocycles. The van der Waals surface area contributed by atoms with Crippen molar-refractivity contribution in [3.8, 4) is 5.63 Å². The fourth-order valence-corrected chi connectivity index (χ4v) is 1.49. The van der Waals surface area contributed by atoms with Crippen LogP contribution in [-0.2, 0) is 20.7 Å². The van der Waals surface area contributed by atoms with E-state index in [1.807, 2.05) is 6.07 Å². The van der Waals surface area contributed by atoms with E-state index in [1.165, 1.54) is 0 Å². The van der Waals surface area contributed by atoms with Gasteiger partial charge in [0.1, 0.15) is 0 Å². The summed E-state index contributed by atoms with van der Waals surface area (Å²) in [5, 5.41) is 11.0. The summed E-state index contributed by atoms with van der Waals surface area (Å²) in [6.45, 7) is 0.0479. The van der Waals surface area contributed by atoms with Gasteiger partial charge in [0.25, 0.3) is 0 Å². The van der Waals surface area contributed by atoms with Gasteiger partial charge in [0.05, 0.1) is 0 Å². The Balaban J connectivity index is 2.46. The Hall–Kier alpha value is -2.03. The molecule has 6 nitrogen and oxygen atoms in total. The summed E-state index contributed by atoms with van der Waals surface area (Å²) in [6, 6.07) is 7.78. The predicted molar refractivity (Wildman–Crippen MR) is 67.3 cm³/mol. The zero-order valence-corrected chi connectivity index (χ0v) is 10.8. The van der Waals surface area contributed by atoms with Crippen LogP contribution < -0.4 is 5.32 Å². The van der Waals surface area contributed by atoms with Crippen LogP contribution in [0, 0.1) is 5.63 Å². The first-order chi connectivity index (χ1) is 9.13. The molecule has 0 radical (unpaired) electrons. The number of alkyl carbamates (subject to hydrolysis) is 1. The monoisotopic (exact) mass is 281 g/mol. The van der Waals surface area contributed by atoms with Crippen LogP contribution in [0.1, 0.15) is 12.0 Å². The molecule has 0 aliphatic heterocycles. The maximum atomic E-state index is 11.4. The summed E-state index contributed by atoms with van der Waals surface area (Å²) in [4.78, 5) is 22.2. The van der Waals surface area contributed by atoms with Gasteiger partial charge in [-0.1, -0.05) is 0 Å². The first kappa shape index (κ1) is 15.0. The van der Waals surface area contributed by atoms with Crippen molar-refractivity contribution in [3.05, 3.63) is 35.9 Å². The molecule has 0 saturated carbocycles. The summed E-state index contributed by atoms with van der Waals surface area (Å²) in [5.41, 5.74) is 3.07. The molecule has 1 amide bonds. The van der Waals surface area contributed by atoms with Crippen molar-refractivity contribution in [2.24, 2.45) is 0 Å². The van der Waals surface area contributed by atoms with Gasteiger partial charge in [-0.3, -0.25) is 0 Å². The molecule has 2 N–H and O–H groups in total. The van der Waals surface area contributed by atoms with Crippen LogP contribution in [0.3, 0.4) is 0 Å². The summed E-state index contributed by atoms with van der Waals surface area (Å²) >= 11 is 0. The molecule has 1 aromatic rings. The quantitative estimate of drug-likeness (QED) is 0.805. The van der Waals surface area contributed by atoms with Crippen LogP contribution in [0.2, 0.25) is 0 Å². The minimum absolute atomic E-state index is 0.0479. The van der Waals surface area contributed by atoms with Crippen LogP contribution in [0.4, 0.5) is 4.79 Å². The average molecular weight is 281 g/mol. The van der Waals surface area contributed by atoms with Gasteiger partial charge in [-0.05, 0) is 0 Å². The van der Waals surface area contributed by atoms with E-state index in [-0.39, 0.29) is 13.0 Å². The van der Waals surface area contributed by atoms with E-state index < -0.39 is 26.0 Å². The van der Waals surface area contributed by atoms with E-state index in [2.05, 4.69) is 10.9 Å². The van der Waals surface area contributed by atoms with Gasteiger partial charge in [0.2, 0.25) is 0 Å². The Morgan fingerprint density at radius 2 is 2.05 bits per heavy atom. The third kappa shape index (κ3) is 5.91. The third-order valence-electron chi connectivity index (χ3n) is 2.16. The zero-order valence-electron chi connectivity index (χ0n) is 9.91. The van der Waals surface area contributed by atoms with Crippen LogP contribution in [0.5, 0.6) is 0 Å². The predicted octanol–water partition coefficient (Wildman–Crippen LogP) is 2.01. The van der Waals surface area contributed by atoms with Crippen molar-refractivity contribution in [3.63, 3.8) is 0 Å². The fourth-order valence-electron chi connectivity index (χ4n) is 1.24. The van der Waals surface area contributed by atoms with Gasteiger partial charge in [-0.15, -0.1) is 0 Å². The standard InChI is InChI=1S/C12H12NO5P/c14-11(15)10(6-7-19-17)13-12(16)18-8-9-4-2-1-3-5-9/h1-5,10H,6,8H2,(H,13,16)(H,14,15). The van der Waals surface area contributed by atoms with Gasteiger partial charge < -0.3 is 0 Å². The van der Waals surface area contributed by atoms with Gasteiger partial charge >= 0.3 is 110 Å². The number of benzene rings is 1. The molecule has 1 unspecified atom stereocenters. The molecule has 1 aromatic carbocycles. The van der Waals surface area contributed by atoms with E-state index in [0.29, 0.717) is 0 Å². The van der Waals surface area contributed by atoms with E-state index >= 15 is 0 Å². The molecule has 19 heavy (non-hydrogen) atoms. The van der Waals surface area contributed by atoms with Crippen molar-refractivity contribution in [1.82, 2.24) is 5.32 Å². The van der Waals surface area contributed by atoms with Gasteiger partial charge in [0.15, 0.2) is 0 Å². The fraction of sp³-hybridized carbons (Fsp3) is 0.250. The Labute approximate surface area is 110 Å². The minimum atomic E-state index is -1.24. The molecule has 100 valence electrons. The first-order valence-corrected chi connectivity index (χ1v) is 6.20. The number of hydrogen-bond acceptors (Lipinski definition) is 4. The normalized spacial score (nSPS) is 10.9. The third-order valence-corrected chi connectivity index (χ3v) is 2.47. The summed E-state index contributed by atoms with van der Waals surface area (Å²) in [7, 11) is -0.404. The van der Waals surface area contributed by atoms with Crippen LogP contribution in [0.15, 0.2) is 30.3 Å². The molecule has 0 aliphatic rings. The Bertz CT molecular complexity index is 539. The summed E-state index contributed by atoms with van der Waals surface area (Å²) < 4.78 is 15.0. The number of hydrogen-bond donors (Lipinski definition) is 2. The van der Waals surface area contributed by atoms with Gasteiger partial charge in [-0.2, -0.15) is 0 Å². The molecular formula is C12H12NO5P. The second-order valence-corrected chi connectivity index (χ2v) is 4.05. The zero-order chi connectivity index (χ0) is 14.1. The van der Waals surface area contributed by atoms with Gasteiger partial charge in [0, 0.05) is 0 Å². The second-order valence-electron chi connectivity index (χ2n) is 3.55. The van der Waals surface area contributed by atoms with E-state index in [0.717, 1.165) is 5.56 Å². The van der Waals surface area contributed by atoms with E-state index in [4.69, 9.17) is 9.84 Å². The van der Waals surface area contributed by atoms with Crippen molar-refractivity contribution < 1.29 is 24.0 Å². The van der Waals surface area contributed by atoms with E-state index in [1.54, 1.807) is 24.3 Å². The molecule has 0 bridgehead atoms. The number of carbonyl (C=O) groups is 2. The van der Waals surface area contributed by atoms with Crippen LogP contribution in [0.25, 0.3) is 0 Å². The van der Waals surface area contributed by atoms with Gasteiger partial charge in [-0.25, -0.2) is 0 Å². The number of aliphatic carboxylic acids is 1. The molecular weight excluding hydrogens is 269 g/mol. The Kier molecular flexibility index (Phi) is 6.44. The molecule has 1 atom stereocenters. The van der Waals surface area contributed by atoms with Crippen molar-refractivity contribution in [2.75, 3.05) is 0 Å². The molecule has 0 spiro atoms. The van der Waals surface area contributed by atoms with Crippen LogP contribution >= 0.6 is 7.92 Å². The molecule has 1 rings (SSSR count). The second kappa shape index (κ2) is 8.14. The van der Waals surface area contributed by atoms with Crippen LogP contribution in [-0.4, -0.2) is 23.2 Å². The SMILES string of the molecule is O=P#CCC(NC(=O)OCc1ccccc1)C(=O)O. The van der Waals surface area contributed by atoms with Crippen molar-refractivity contribution >= 4 is 20.0 Å². The molecule has 0 aromatic heterocycles. The molecule has 0 fully saturated rings. The summed E-state index contributed by atoms with van der Waals surface area (Å²) in [5.74, 6) is -1.24. The molecule has 7 heteroatoms. The molecule has 0 saturated heterocycles.